The van der Waals surface area contributed by atoms with Crippen LogP contribution in [-0.2, 0) is 0 Å². The summed E-state index contributed by atoms with van der Waals surface area (Å²) in [6, 6.07) is 1.70. The molecule has 6 nitrogen and oxygen atoms in total. The fourth-order valence-electron chi connectivity index (χ4n) is 1.10. The number of carbonyl (C=O) groups excluding carboxylic acids is 1. The summed E-state index contributed by atoms with van der Waals surface area (Å²) in [5, 5.41) is 2.65. The number of nitrogens with two attached hydrogens (primary N) is 1. The van der Waals surface area contributed by atoms with Crippen LogP contribution in [0.25, 0.3) is 5.78 Å². The van der Waals surface area contributed by atoms with Crippen LogP contribution in [0.3, 0.4) is 0 Å². The van der Waals surface area contributed by atoms with Gasteiger partial charge < -0.3 is 5.73 Å². The van der Waals surface area contributed by atoms with Crippen LogP contribution in [0.4, 0.5) is 0 Å². The first-order valence-corrected chi connectivity index (χ1v) is 4.25. The van der Waals surface area contributed by atoms with Crippen LogP contribution in [0.5, 0.6) is 0 Å². The third-order valence-electron chi connectivity index (χ3n) is 1.69. The average molecular weight is 209 g/mol. The normalized spacial score (nSPS) is 10.6. The van der Waals surface area contributed by atoms with Crippen LogP contribution in [-0.4, -0.2) is 25.5 Å². The van der Waals surface area contributed by atoms with Crippen molar-refractivity contribution >= 4 is 23.9 Å². The van der Waals surface area contributed by atoms with Crippen LogP contribution in [0.1, 0.15) is 16.3 Å². The molecule has 0 unspecified atom stereocenters. The van der Waals surface area contributed by atoms with Gasteiger partial charge >= 0.3 is 0 Å². The quantitative estimate of drug-likeness (QED) is 0.656. The van der Waals surface area contributed by atoms with E-state index in [1.165, 1.54) is 4.52 Å². The van der Waals surface area contributed by atoms with Gasteiger partial charge in [-0.25, -0.2) is 9.50 Å². The fourth-order valence-corrected chi connectivity index (χ4v) is 1.40. The number of aryl methyl sites for hydroxylation is 1. The van der Waals surface area contributed by atoms with E-state index in [4.69, 9.17) is 18.0 Å². The molecule has 0 atom stereocenters. The Bertz CT molecular complexity index is 569. The Balaban J connectivity index is 2.83. The third kappa shape index (κ3) is 1.27. The van der Waals surface area contributed by atoms with Gasteiger partial charge in [0.25, 0.3) is 11.7 Å². The molecule has 0 spiro atoms. The van der Waals surface area contributed by atoms with Gasteiger partial charge in [0.1, 0.15) is 4.64 Å². The summed E-state index contributed by atoms with van der Waals surface area (Å²) in [7, 11) is 0. The number of nitrogens with one attached hydrogen (secondary N) is 1. The lowest BCUT2D eigenvalue weighted by Gasteiger charge is -1.92. The highest BCUT2D eigenvalue weighted by Gasteiger charge is 2.08. The molecule has 7 heteroatoms. The number of rotatable bonds is 1. The van der Waals surface area contributed by atoms with Gasteiger partial charge in [0, 0.05) is 5.69 Å². The summed E-state index contributed by atoms with van der Waals surface area (Å²) < 4.78 is 1.94. The number of carbonyl (C=O) groups is 1. The van der Waals surface area contributed by atoms with Crippen molar-refractivity contribution in [2.24, 2.45) is 5.73 Å². The lowest BCUT2D eigenvalue weighted by molar-refractivity contribution is 0.0990. The minimum Gasteiger partial charge on any atom is -0.363 e. The summed E-state index contributed by atoms with van der Waals surface area (Å²) in [6.45, 7) is 1.80. The maximum absolute atomic E-state index is 10.8. The first-order valence-electron chi connectivity index (χ1n) is 3.84. The molecule has 0 bridgehead atoms. The fraction of sp³-hybridized carbons (Fsp3) is 0.143. The first-order chi connectivity index (χ1) is 6.58. The maximum atomic E-state index is 10.8. The van der Waals surface area contributed by atoms with E-state index in [1.54, 1.807) is 13.0 Å². The van der Waals surface area contributed by atoms with Crippen molar-refractivity contribution in [3.63, 3.8) is 0 Å². The van der Waals surface area contributed by atoms with E-state index in [0.717, 1.165) is 5.69 Å². The molecule has 1 amide bonds. The highest BCUT2D eigenvalue weighted by molar-refractivity contribution is 7.71. The second-order valence-electron chi connectivity index (χ2n) is 2.81. The lowest BCUT2D eigenvalue weighted by Crippen LogP contribution is -2.13. The van der Waals surface area contributed by atoms with Crippen molar-refractivity contribution in [3.8, 4) is 0 Å². The van der Waals surface area contributed by atoms with Crippen LogP contribution < -0.4 is 5.73 Å². The van der Waals surface area contributed by atoms with Crippen LogP contribution >= 0.6 is 12.2 Å². The number of primary amides is 1. The zero-order valence-corrected chi connectivity index (χ0v) is 8.13. The molecule has 14 heavy (non-hydrogen) atoms. The summed E-state index contributed by atoms with van der Waals surface area (Å²) >= 11 is 5.04. The Hall–Kier alpha value is -1.76. The minimum atomic E-state index is -0.637. The molecule has 0 saturated heterocycles. The summed E-state index contributed by atoms with van der Waals surface area (Å²) in [5.74, 6) is -0.236. The highest BCUT2D eigenvalue weighted by atomic mass is 32.1. The Kier molecular flexibility index (Phi) is 1.81. The standard InChI is InChI=1S/C7H7N5OS/c1-3-2-4(14)12-7(9-3)10-6(11-12)5(8)13/h2H,1H3,(H2,8,13)(H,9,10,11). The molecule has 0 aromatic carbocycles. The topological polar surface area (TPSA) is 89.1 Å². The average Bonchev–Trinajstić information content (AvgIpc) is 2.47. The molecular formula is C7H7N5OS. The number of aromatic nitrogens is 4. The van der Waals surface area contributed by atoms with Crippen LogP contribution in [0.2, 0.25) is 0 Å². The Morgan fingerprint density at radius 2 is 2.36 bits per heavy atom. The number of hydrogen-bond acceptors (Lipinski definition) is 4. The molecule has 0 fully saturated rings. The number of H-pyrrole nitrogens is 1. The van der Waals surface area contributed by atoms with Gasteiger partial charge in [0.15, 0.2) is 0 Å². The predicted octanol–water partition coefficient (Wildman–Crippen LogP) is 0.194. The van der Waals surface area contributed by atoms with E-state index < -0.39 is 5.91 Å². The second-order valence-corrected chi connectivity index (χ2v) is 3.23. The monoisotopic (exact) mass is 209 g/mol. The molecule has 72 valence electrons. The Morgan fingerprint density at radius 1 is 1.64 bits per heavy atom. The van der Waals surface area contributed by atoms with Crippen molar-refractivity contribution in [1.82, 2.24) is 19.6 Å². The molecule has 2 rings (SSSR count). The van der Waals surface area contributed by atoms with Gasteiger partial charge in [-0.15, -0.1) is 0 Å². The van der Waals surface area contributed by atoms with Crippen LogP contribution in [0.15, 0.2) is 6.07 Å². The van der Waals surface area contributed by atoms with Crippen molar-refractivity contribution < 1.29 is 4.79 Å². The molecule has 2 aromatic rings. The van der Waals surface area contributed by atoms with Gasteiger partial charge in [0.05, 0.1) is 0 Å². The van der Waals surface area contributed by atoms with Crippen LogP contribution in [0, 0.1) is 11.6 Å². The molecule has 0 saturated carbocycles. The molecule has 0 radical (unpaired) electrons. The molecule has 3 N–H and O–H groups in total. The van der Waals surface area contributed by atoms with Crippen molar-refractivity contribution in [2.75, 3.05) is 0 Å². The largest absolute Gasteiger partial charge is 0.363 e. The van der Waals surface area contributed by atoms with Gasteiger partial charge in [0.2, 0.25) is 5.82 Å². The van der Waals surface area contributed by atoms with Gasteiger partial charge in [-0.05, 0) is 13.0 Å². The van der Waals surface area contributed by atoms with Crippen molar-refractivity contribution in [3.05, 3.63) is 22.2 Å². The first kappa shape index (κ1) is 8.82. The highest BCUT2D eigenvalue weighted by Crippen LogP contribution is 2.01. The zero-order valence-electron chi connectivity index (χ0n) is 7.31. The predicted molar refractivity (Wildman–Crippen MR) is 51.4 cm³/mol. The van der Waals surface area contributed by atoms with E-state index in [2.05, 4.69) is 15.1 Å². The maximum Gasteiger partial charge on any atom is 0.286 e. The number of nitrogens with zero attached hydrogens (tertiary/aromatic N) is 3. The molecule has 2 aromatic heterocycles. The van der Waals surface area contributed by atoms with E-state index in [1.807, 2.05) is 0 Å². The summed E-state index contributed by atoms with van der Waals surface area (Å²) in [6.07, 6.45) is 0. The SMILES string of the molecule is Cc1cc(=S)n2[nH]c(C(N)=O)nc2n1. The molecule has 0 aliphatic heterocycles. The minimum absolute atomic E-state index is 0.0502. The second kappa shape index (κ2) is 2.88. The smallest absolute Gasteiger partial charge is 0.286 e. The number of amides is 1. The van der Waals surface area contributed by atoms with Crippen molar-refractivity contribution in [1.29, 1.82) is 0 Å². The zero-order chi connectivity index (χ0) is 10.3. The number of aromatic amines is 1. The van der Waals surface area contributed by atoms with Gasteiger partial charge in [-0.2, -0.15) is 4.98 Å². The summed E-state index contributed by atoms with van der Waals surface area (Å²) in [5.41, 5.74) is 5.81. The molecule has 0 aliphatic rings. The van der Waals surface area contributed by atoms with Crippen molar-refractivity contribution in [2.45, 2.75) is 6.92 Å². The Morgan fingerprint density at radius 3 is 3.00 bits per heavy atom. The molecular weight excluding hydrogens is 202 g/mol. The number of fused-ring (bicyclic) bond motifs is 1. The Labute approximate surface area is 83.8 Å². The van der Waals surface area contributed by atoms with E-state index in [0.29, 0.717) is 10.4 Å². The van der Waals surface area contributed by atoms with Gasteiger partial charge in [-0.1, -0.05) is 12.2 Å². The number of hydrogen-bond donors (Lipinski definition) is 2. The third-order valence-corrected chi connectivity index (χ3v) is 1.99. The van der Waals surface area contributed by atoms with Gasteiger partial charge in [-0.3, -0.25) is 9.89 Å². The molecule has 0 aliphatic carbocycles. The van der Waals surface area contributed by atoms with E-state index in [-0.39, 0.29) is 5.82 Å². The van der Waals surface area contributed by atoms with E-state index in [9.17, 15) is 4.79 Å². The molecule has 2 heterocycles. The summed E-state index contributed by atoms with van der Waals surface area (Å²) in [4.78, 5) is 18.8. The van der Waals surface area contributed by atoms with E-state index >= 15 is 0 Å². The lowest BCUT2D eigenvalue weighted by atomic mass is 10.5.